The second-order valence-electron chi connectivity index (χ2n) is 5.66. The molecule has 0 radical (unpaired) electrons. The Kier molecular flexibility index (Phi) is 4.69. The van der Waals surface area contributed by atoms with E-state index in [-0.39, 0.29) is 11.1 Å². The molecule has 0 N–H and O–H groups in total. The van der Waals surface area contributed by atoms with Gasteiger partial charge in [0.15, 0.2) is 0 Å². The Hall–Kier alpha value is -1.70. The van der Waals surface area contributed by atoms with Crippen molar-refractivity contribution in [3.8, 4) is 6.07 Å². The third kappa shape index (κ3) is 3.66. The van der Waals surface area contributed by atoms with Gasteiger partial charge in [-0.15, -0.1) is 0 Å². The van der Waals surface area contributed by atoms with Gasteiger partial charge in [-0.25, -0.2) is 0 Å². The van der Waals surface area contributed by atoms with Crippen molar-refractivity contribution in [2.75, 3.05) is 11.4 Å². The third-order valence-electron chi connectivity index (χ3n) is 3.00. The first-order chi connectivity index (χ1) is 9.11. The zero-order chi connectivity index (χ0) is 15.6. The van der Waals surface area contributed by atoms with Crippen molar-refractivity contribution in [1.82, 2.24) is 0 Å². The van der Waals surface area contributed by atoms with E-state index in [1.54, 1.807) is 12.1 Å². The van der Waals surface area contributed by atoms with E-state index in [2.05, 4.69) is 0 Å². The summed E-state index contributed by atoms with van der Waals surface area (Å²) in [6.07, 6.45) is -3.69. The molecular formula is C15H19F3N2. The van der Waals surface area contributed by atoms with Gasteiger partial charge in [0.25, 0.3) is 0 Å². The predicted molar refractivity (Wildman–Crippen MR) is 73.5 cm³/mol. The lowest BCUT2D eigenvalue weighted by Gasteiger charge is -2.38. The number of hydrogen-bond donors (Lipinski definition) is 0. The maximum atomic E-state index is 13.0. The molecule has 2 nitrogen and oxygen atoms in total. The molecule has 110 valence electrons. The van der Waals surface area contributed by atoms with Crippen LogP contribution in [0.2, 0.25) is 0 Å². The van der Waals surface area contributed by atoms with Gasteiger partial charge in [-0.1, -0.05) is 6.92 Å². The van der Waals surface area contributed by atoms with Crippen LogP contribution in [0.5, 0.6) is 0 Å². The summed E-state index contributed by atoms with van der Waals surface area (Å²) in [5, 5.41) is 8.81. The SMILES string of the molecule is CCCN(c1ccc(C#N)c(C(F)(F)F)c1)C(C)(C)C. The van der Waals surface area contributed by atoms with Crippen LogP contribution in [0.4, 0.5) is 18.9 Å². The van der Waals surface area contributed by atoms with Gasteiger partial charge in [-0.05, 0) is 45.4 Å². The molecule has 0 aliphatic heterocycles. The van der Waals surface area contributed by atoms with Gasteiger partial charge in [-0.2, -0.15) is 18.4 Å². The van der Waals surface area contributed by atoms with Gasteiger partial charge < -0.3 is 4.90 Å². The van der Waals surface area contributed by atoms with Gasteiger partial charge in [0.2, 0.25) is 0 Å². The lowest BCUT2D eigenvalue weighted by Crippen LogP contribution is -2.42. The molecule has 1 aromatic carbocycles. The Labute approximate surface area is 117 Å². The lowest BCUT2D eigenvalue weighted by atomic mass is 10.0. The Morgan fingerprint density at radius 3 is 2.20 bits per heavy atom. The zero-order valence-corrected chi connectivity index (χ0v) is 12.2. The molecule has 0 atom stereocenters. The van der Waals surface area contributed by atoms with E-state index in [1.807, 2.05) is 32.6 Å². The van der Waals surface area contributed by atoms with Gasteiger partial charge in [-0.3, -0.25) is 0 Å². The molecule has 1 aromatic rings. The molecule has 0 spiro atoms. The van der Waals surface area contributed by atoms with Crippen LogP contribution in [-0.4, -0.2) is 12.1 Å². The van der Waals surface area contributed by atoms with E-state index in [4.69, 9.17) is 5.26 Å². The Morgan fingerprint density at radius 1 is 1.20 bits per heavy atom. The maximum absolute atomic E-state index is 13.0. The summed E-state index contributed by atoms with van der Waals surface area (Å²) in [5.74, 6) is 0. The van der Waals surface area contributed by atoms with Crippen LogP contribution in [-0.2, 0) is 6.18 Å². The highest BCUT2D eigenvalue weighted by Gasteiger charge is 2.34. The minimum Gasteiger partial charge on any atom is -0.367 e. The summed E-state index contributed by atoms with van der Waals surface area (Å²) in [6, 6.07) is 5.49. The second kappa shape index (κ2) is 5.74. The largest absolute Gasteiger partial charge is 0.417 e. The van der Waals surface area contributed by atoms with Crippen molar-refractivity contribution in [3.63, 3.8) is 0 Å². The minimum atomic E-state index is -4.52. The molecule has 0 aliphatic rings. The predicted octanol–water partition coefficient (Wildman–Crippen LogP) is 4.59. The molecule has 0 heterocycles. The number of rotatable bonds is 3. The van der Waals surface area contributed by atoms with E-state index in [1.165, 1.54) is 6.07 Å². The fraction of sp³-hybridized carbons (Fsp3) is 0.533. The molecule has 0 aromatic heterocycles. The third-order valence-corrected chi connectivity index (χ3v) is 3.00. The first kappa shape index (κ1) is 16.4. The molecule has 0 fully saturated rings. The number of alkyl halides is 3. The topological polar surface area (TPSA) is 27.0 Å². The van der Waals surface area contributed by atoms with Crippen molar-refractivity contribution in [2.45, 2.75) is 45.8 Å². The van der Waals surface area contributed by atoms with Crippen LogP contribution in [0, 0.1) is 11.3 Å². The zero-order valence-electron chi connectivity index (χ0n) is 12.2. The standard InChI is InChI=1S/C15H19F3N2/c1-5-8-20(14(2,3)4)12-7-6-11(10-19)13(9-12)15(16,17)18/h6-7,9H,5,8H2,1-4H3. The number of benzene rings is 1. The van der Waals surface area contributed by atoms with Gasteiger partial charge in [0, 0.05) is 17.8 Å². The molecule has 20 heavy (non-hydrogen) atoms. The average Bonchev–Trinajstić information content (AvgIpc) is 2.32. The molecule has 5 heteroatoms. The monoisotopic (exact) mass is 284 g/mol. The van der Waals surface area contributed by atoms with Crippen LogP contribution >= 0.6 is 0 Å². The van der Waals surface area contributed by atoms with Crippen molar-refractivity contribution in [1.29, 1.82) is 5.26 Å². The average molecular weight is 284 g/mol. The molecule has 0 amide bonds. The Bertz CT molecular complexity index is 507. The fourth-order valence-electron chi connectivity index (χ4n) is 2.11. The van der Waals surface area contributed by atoms with E-state index in [0.29, 0.717) is 12.2 Å². The molecular weight excluding hydrogens is 265 g/mol. The summed E-state index contributed by atoms with van der Waals surface area (Å²) in [6.45, 7) is 8.50. The summed E-state index contributed by atoms with van der Waals surface area (Å²) >= 11 is 0. The highest BCUT2D eigenvalue weighted by molar-refractivity contribution is 5.56. The first-order valence-electron chi connectivity index (χ1n) is 6.50. The van der Waals surface area contributed by atoms with Crippen molar-refractivity contribution >= 4 is 5.69 Å². The number of anilines is 1. The Balaban J connectivity index is 3.36. The number of halogens is 3. The van der Waals surface area contributed by atoms with Crippen LogP contribution < -0.4 is 4.90 Å². The quantitative estimate of drug-likeness (QED) is 0.811. The highest BCUT2D eigenvalue weighted by atomic mass is 19.4. The Morgan fingerprint density at radius 2 is 1.80 bits per heavy atom. The van der Waals surface area contributed by atoms with Crippen molar-refractivity contribution in [3.05, 3.63) is 29.3 Å². The van der Waals surface area contributed by atoms with Gasteiger partial charge >= 0.3 is 6.18 Å². The fourth-order valence-corrected chi connectivity index (χ4v) is 2.11. The minimum absolute atomic E-state index is 0.285. The first-order valence-corrected chi connectivity index (χ1v) is 6.50. The summed E-state index contributed by atoms with van der Waals surface area (Å²) < 4.78 is 39.0. The maximum Gasteiger partial charge on any atom is 0.417 e. The van der Waals surface area contributed by atoms with Crippen LogP contribution in [0.1, 0.15) is 45.2 Å². The lowest BCUT2D eigenvalue weighted by molar-refractivity contribution is -0.137. The smallest absolute Gasteiger partial charge is 0.367 e. The summed E-state index contributed by atoms with van der Waals surface area (Å²) in [5.41, 5.74) is -1.01. The van der Waals surface area contributed by atoms with Crippen LogP contribution in [0.15, 0.2) is 18.2 Å². The van der Waals surface area contributed by atoms with E-state index >= 15 is 0 Å². The van der Waals surface area contributed by atoms with E-state index in [0.717, 1.165) is 12.5 Å². The molecule has 0 saturated carbocycles. The molecule has 0 saturated heterocycles. The van der Waals surface area contributed by atoms with Gasteiger partial charge in [0.05, 0.1) is 17.2 Å². The molecule has 1 rings (SSSR count). The molecule has 0 bridgehead atoms. The summed E-state index contributed by atoms with van der Waals surface area (Å²) in [4.78, 5) is 1.92. The van der Waals surface area contributed by atoms with Crippen LogP contribution in [0.3, 0.4) is 0 Å². The normalized spacial score (nSPS) is 12.1. The molecule has 0 unspecified atom stereocenters. The van der Waals surface area contributed by atoms with Crippen molar-refractivity contribution in [2.24, 2.45) is 0 Å². The number of nitrogens with zero attached hydrogens (tertiary/aromatic N) is 2. The summed E-state index contributed by atoms with van der Waals surface area (Å²) in [7, 11) is 0. The van der Waals surface area contributed by atoms with Crippen molar-refractivity contribution < 1.29 is 13.2 Å². The van der Waals surface area contributed by atoms with Crippen LogP contribution in [0.25, 0.3) is 0 Å². The van der Waals surface area contributed by atoms with E-state index < -0.39 is 11.7 Å². The second-order valence-corrected chi connectivity index (χ2v) is 5.66. The number of hydrogen-bond acceptors (Lipinski definition) is 2. The van der Waals surface area contributed by atoms with E-state index in [9.17, 15) is 13.2 Å². The number of nitriles is 1. The van der Waals surface area contributed by atoms with Gasteiger partial charge in [0.1, 0.15) is 0 Å². The molecule has 0 aliphatic carbocycles. The highest BCUT2D eigenvalue weighted by Crippen LogP contribution is 2.35.